The van der Waals surface area contributed by atoms with Crippen LogP contribution in [0.2, 0.25) is 0 Å². The lowest BCUT2D eigenvalue weighted by atomic mass is 10.1. The summed E-state index contributed by atoms with van der Waals surface area (Å²) in [4.78, 5) is 0. The maximum Gasteiger partial charge on any atom is 0.205 e. The quantitative estimate of drug-likeness (QED) is 0.631. The van der Waals surface area contributed by atoms with Crippen LogP contribution in [-0.4, -0.2) is 4.21 Å². The third kappa shape index (κ3) is 1.74. The van der Waals surface area contributed by atoms with Crippen molar-refractivity contribution >= 4 is 17.2 Å². The number of benzene rings is 1. The van der Waals surface area contributed by atoms with Gasteiger partial charge in [-0.1, -0.05) is 18.2 Å². The molecule has 0 aromatic heterocycles. The first kappa shape index (κ1) is 8.14. The smallest absolute Gasteiger partial charge is 0.191 e. The first-order chi connectivity index (χ1) is 5.25. The van der Waals surface area contributed by atoms with E-state index in [1.807, 2.05) is 32.0 Å². The van der Waals surface area contributed by atoms with Gasteiger partial charge in [0.25, 0.3) is 0 Å². The molecule has 0 saturated carbocycles. The van der Waals surface area contributed by atoms with Gasteiger partial charge >= 0.3 is 0 Å². The van der Waals surface area contributed by atoms with E-state index in [0.29, 0.717) is 0 Å². The van der Waals surface area contributed by atoms with E-state index in [1.54, 1.807) is 0 Å². The molecular formula is C8H9NOS. The normalized spacial score (nSPS) is 9.27. The predicted molar refractivity (Wildman–Crippen MR) is 46.1 cm³/mol. The lowest BCUT2D eigenvalue weighted by Gasteiger charge is -1.99. The Hall–Kier alpha value is -0.960. The Morgan fingerprint density at radius 2 is 1.82 bits per heavy atom. The van der Waals surface area contributed by atoms with Gasteiger partial charge < -0.3 is 0 Å². The molecule has 2 nitrogen and oxygen atoms in total. The van der Waals surface area contributed by atoms with Crippen LogP contribution in [0, 0.1) is 13.8 Å². The highest BCUT2D eigenvalue weighted by atomic mass is 32.1. The van der Waals surface area contributed by atoms with Crippen LogP contribution in [0.5, 0.6) is 0 Å². The van der Waals surface area contributed by atoms with Crippen LogP contribution in [0.25, 0.3) is 0 Å². The Kier molecular flexibility index (Phi) is 2.54. The zero-order valence-electron chi connectivity index (χ0n) is 6.50. The van der Waals surface area contributed by atoms with Gasteiger partial charge in [0.2, 0.25) is 11.5 Å². The summed E-state index contributed by atoms with van der Waals surface area (Å²) in [6.07, 6.45) is 0. The van der Waals surface area contributed by atoms with Gasteiger partial charge in [-0.05, 0) is 25.0 Å². The molecule has 0 atom stereocenters. The summed E-state index contributed by atoms with van der Waals surface area (Å²) >= 11 is 0.258. The fraction of sp³-hybridized carbons (Fsp3) is 0.250. The Balaban J connectivity index is 3.31. The van der Waals surface area contributed by atoms with Crippen LogP contribution in [0.3, 0.4) is 0 Å². The van der Waals surface area contributed by atoms with Crippen molar-refractivity contribution in [2.75, 3.05) is 0 Å². The van der Waals surface area contributed by atoms with Crippen molar-refractivity contribution in [2.24, 2.45) is 4.36 Å². The molecule has 0 aliphatic rings. The van der Waals surface area contributed by atoms with Crippen molar-refractivity contribution in [2.45, 2.75) is 13.8 Å². The standard InChI is InChI=1S/C8H9NOS/c1-6-4-3-5-7(2)8(6)9-11-10/h3-5H,1-2H3. The number of rotatable bonds is 1. The first-order valence-electron chi connectivity index (χ1n) is 3.32. The number of hydrogen-bond donors (Lipinski definition) is 0. The topological polar surface area (TPSA) is 29.4 Å². The fourth-order valence-electron chi connectivity index (χ4n) is 0.987. The Bertz CT molecular complexity index is 296. The van der Waals surface area contributed by atoms with Crippen LogP contribution in [0.1, 0.15) is 11.1 Å². The molecule has 58 valence electrons. The SMILES string of the molecule is Cc1cccc(C)c1N=S=O. The second-order valence-electron chi connectivity index (χ2n) is 2.41. The third-order valence-corrected chi connectivity index (χ3v) is 1.83. The van der Waals surface area contributed by atoms with Crippen molar-refractivity contribution in [3.05, 3.63) is 29.3 Å². The lowest BCUT2D eigenvalue weighted by Crippen LogP contribution is -1.77. The summed E-state index contributed by atoms with van der Waals surface area (Å²) in [6.45, 7) is 3.89. The molecule has 0 amide bonds. The highest BCUT2D eigenvalue weighted by Gasteiger charge is 1.97. The molecule has 0 radical (unpaired) electrons. The van der Waals surface area contributed by atoms with Gasteiger partial charge in [-0.25, -0.2) is 0 Å². The molecule has 1 aromatic rings. The minimum Gasteiger partial charge on any atom is -0.191 e. The first-order valence-corrected chi connectivity index (χ1v) is 4.02. The van der Waals surface area contributed by atoms with Crippen molar-refractivity contribution in [3.63, 3.8) is 0 Å². The molecule has 1 rings (SSSR count). The van der Waals surface area contributed by atoms with Crippen molar-refractivity contribution in [1.29, 1.82) is 0 Å². The van der Waals surface area contributed by atoms with E-state index in [-0.39, 0.29) is 11.5 Å². The predicted octanol–water partition coefficient (Wildman–Crippen LogP) is 2.33. The van der Waals surface area contributed by atoms with E-state index in [1.165, 1.54) is 0 Å². The maximum atomic E-state index is 10.2. The molecule has 0 fully saturated rings. The molecule has 0 aliphatic carbocycles. The van der Waals surface area contributed by atoms with Gasteiger partial charge in [-0.3, -0.25) is 0 Å². The van der Waals surface area contributed by atoms with Crippen LogP contribution in [-0.2, 0) is 11.5 Å². The van der Waals surface area contributed by atoms with Gasteiger partial charge in [0.1, 0.15) is 0 Å². The third-order valence-electron chi connectivity index (χ3n) is 1.57. The summed E-state index contributed by atoms with van der Waals surface area (Å²) in [5, 5.41) is 0. The average molecular weight is 167 g/mol. The number of nitrogens with zero attached hydrogens (tertiary/aromatic N) is 1. The highest BCUT2D eigenvalue weighted by Crippen LogP contribution is 2.21. The molecular weight excluding hydrogens is 158 g/mol. The molecule has 0 N–H and O–H groups in total. The van der Waals surface area contributed by atoms with Crippen LogP contribution < -0.4 is 0 Å². The summed E-state index contributed by atoms with van der Waals surface area (Å²) in [5.41, 5.74) is 2.91. The second-order valence-corrected chi connectivity index (χ2v) is 2.74. The average Bonchev–Trinajstić information content (AvgIpc) is 1.97. The molecule has 0 unspecified atom stereocenters. The van der Waals surface area contributed by atoms with Gasteiger partial charge in [0.15, 0.2) is 0 Å². The van der Waals surface area contributed by atoms with Crippen molar-refractivity contribution in [3.8, 4) is 0 Å². The van der Waals surface area contributed by atoms with E-state index in [9.17, 15) is 4.21 Å². The highest BCUT2D eigenvalue weighted by molar-refractivity contribution is 7.54. The molecule has 0 spiro atoms. The number of aryl methyl sites for hydroxylation is 2. The second kappa shape index (κ2) is 3.44. The molecule has 0 bridgehead atoms. The summed E-state index contributed by atoms with van der Waals surface area (Å²) in [6, 6.07) is 5.85. The van der Waals surface area contributed by atoms with Gasteiger partial charge in [0, 0.05) is 0 Å². The molecule has 1 aromatic carbocycles. The van der Waals surface area contributed by atoms with Gasteiger partial charge in [0.05, 0.1) is 5.69 Å². The van der Waals surface area contributed by atoms with Crippen molar-refractivity contribution in [1.82, 2.24) is 0 Å². The monoisotopic (exact) mass is 167 g/mol. The fourth-order valence-corrected chi connectivity index (χ4v) is 1.35. The van der Waals surface area contributed by atoms with Crippen LogP contribution in [0.4, 0.5) is 5.69 Å². The van der Waals surface area contributed by atoms with E-state index in [2.05, 4.69) is 4.36 Å². The molecule has 11 heavy (non-hydrogen) atoms. The van der Waals surface area contributed by atoms with Gasteiger partial charge in [-0.2, -0.15) is 8.57 Å². The van der Waals surface area contributed by atoms with E-state index >= 15 is 0 Å². The summed E-state index contributed by atoms with van der Waals surface area (Å²) in [7, 11) is 0. The Labute approximate surface area is 69.5 Å². The maximum absolute atomic E-state index is 10.2. The Morgan fingerprint density at radius 1 is 1.27 bits per heavy atom. The van der Waals surface area contributed by atoms with E-state index in [4.69, 9.17) is 0 Å². The minimum absolute atomic E-state index is 0.258. The molecule has 0 saturated heterocycles. The zero-order valence-corrected chi connectivity index (χ0v) is 7.31. The van der Waals surface area contributed by atoms with E-state index in [0.717, 1.165) is 16.8 Å². The molecule has 3 heteroatoms. The molecule has 0 aliphatic heterocycles. The zero-order chi connectivity index (χ0) is 8.27. The largest absolute Gasteiger partial charge is 0.205 e. The molecule has 0 heterocycles. The Morgan fingerprint density at radius 3 is 2.27 bits per heavy atom. The van der Waals surface area contributed by atoms with Crippen molar-refractivity contribution < 1.29 is 4.21 Å². The van der Waals surface area contributed by atoms with Crippen LogP contribution >= 0.6 is 0 Å². The minimum atomic E-state index is 0.258. The number of hydrogen-bond acceptors (Lipinski definition) is 2. The summed E-state index contributed by atoms with van der Waals surface area (Å²) < 4.78 is 13.9. The van der Waals surface area contributed by atoms with Gasteiger partial charge in [-0.15, -0.1) is 0 Å². The van der Waals surface area contributed by atoms with Crippen LogP contribution in [0.15, 0.2) is 22.6 Å². The lowest BCUT2D eigenvalue weighted by molar-refractivity contribution is 0.698. The van der Waals surface area contributed by atoms with E-state index < -0.39 is 0 Å². The summed E-state index contributed by atoms with van der Waals surface area (Å²) in [5.74, 6) is 0.